The maximum Gasteiger partial charge on any atom is 0.307 e. The van der Waals surface area contributed by atoms with Gasteiger partial charge in [0.2, 0.25) is 5.91 Å². The van der Waals surface area contributed by atoms with Crippen LogP contribution in [-0.4, -0.2) is 34.5 Å². The van der Waals surface area contributed by atoms with Crippen molar-refractivity contribution in [3.63, 3.8) is 0 Å². The van der Waals surface area contributed by atoms with Crippen LogP contribution in [0.4, 0.5) is 0 Å². The minimum absolute atomic E-state index is 0.0763. The van der Waals surface area contributed by atoms with Gasteiger partial charge in [0.15, 0.2) is 0 Å². The number of carbonyl (C=O) groups is 2. The van der Waals surface area contributed by atoms with Crippen LogP contribution >= 0.6 is 11.8 Å². The van der Waals surface area contributed by atoms with Gasteiger partial charge in [-0.1, -0.05) is 20.3 Å². The molecule has 0 aromatic carbocycles. The number of amides is 1. The first-order chi connectivity index (χ1) is 8.99. The van der Waals surface area contributed by atoms with Gasteiger partial charge in [0.25, 0.3) is 0 Å². The molecule has 1 aliphatic rings. The fourth-order valence-electron chi connectivity index (χ4n) is 2.73. The van der Waals surface area contributed by atoms with E-state index in [0.717, 1.165) is 17.9 Å². The molecular weight excluding hydrogens is 262 g/mol. The van der Waals surface area contributed by atoms with Gasteiger partial charge in [0.05, 0.1) is 11.8 Å². The number of hydrogen-bond donors (Lipinski definition) is 2. The van der Waals surface area contributed by atoms with Crippen LogP contribution in [0.25, 0.3) is 0 Å². The van der Waals surface area contributed by atoms with Crippen LogP contribution in [0.2, 0.25) is 0 Å². The van der Waals surface area contributed by atoms with Crippen LogP contribution in [0.15, 0.2) is 0 Å². The van der Waals surface area contributed by atoms with Crippen LogP contribution in [0.5, 0.6) is 0 Å². The number of nitrogens with one attached hydrogen (secondary N) is 1. The average Bonchev–Trinajstić information content (AvgIpc) is 2.80. The molecule has 0 saturated heterocycles. The molecule has 0 spiro atoms. The zero-order valence-electron chi connectivity index (χ0n) is 12.0. The van der Waals surface area contributed by atoms with Crippen molar-refractivity contribution in [3.8, 4) is 0 Å². The Labute approximate surface area is 119 Å². The predicted octanol–water partition coefficient (Wildman–Crippen LogP) is 2.38. The first kappa shape index (κ1) is 16.3. The number of hydrogen-bond acceptors (Lipinski definition) is 3. The lowest BCUT2D eigenvalue weighted by Crippen LogP contribution is -2.41. The number of thioether (sulfide) groups is 1. The Balaban J connectivity index is 2.56. The summed E-state index contributed by atoms with van der Waals surface area (Å²) < 4.78 is 0. The molecule has 1 saturated carbocycles. The van der Waals surface area contributed by atoms with Crippen molar-refractivity contribution in [1.82, 2.24) is 5.32 Å². The Hall–Kier alpha value is -0.710. The molecule has 4 nitrogen and oxygen atoms in total. The van der Waals surface area contributed by atoms with E-state index < -0.39 is 11.9 Å². The fraction of sp³-hybridized carbons (Fsp3) is 0.857. The number of carbonyl (C=O) groups excluding carboxylic acids is 1. The van der Waals surface area contributed by atoms with E-state index in [0.29, 0.717) is 18.8 Å². The van der Waals surface area contributed by atoms with Gasteiger partial charge in [-0.05, 0) is 31.4 Å². The summed E-state index contributed by atoms with van der Waals surface area (Å²) in [4.78, 5) is 23.5. The van der Waals surface area contributed by atoms with Crippen molar-refractivity contribution in [2.75, 3.05) is 11.5 Å². The summed E-state index contributed by atoms with van der Waals surface area (Å²) in [5.41, 5.74) is 0. The third-order valence-corrected chi connectivity index (χ3v) is 5.00. The highest BCUT2D eigenvalue weighted by Crippen LogP contribution is 2.38. The van der Waals surface area contributed by atoms with Gasteiger partial charge < -0.3 is 10.4 Å². The first-order valence-electron chi connectivity index (χ1n) is 7.10. The van der Waals surface area contributed by atoms with Crippen LogP contribution in [0.3, 0.4) is 0 Å². The summed E-state index contributed by atoms with van der Waals surface area (Å²) in [5.74, 6) is 0.521. The summed E-state index contributed by atoms with van der Waals surface area (Å²) in [6.45, 7) is 6.12. The van der Waals surface area contributed by atoms with E-state index in [-0.39, 0.29) is 17.9 Å². The Morgan fingerprint density at radius 2 is 1.95 bits per heavy atom. The molecule has 2 N–H and O–H groups in total. The maximum atomic E-state index is 12.2. The fourth-order valence-corrected chi connectivity index (χ4v) is 3.40. The van der Waals surface area contributed by atoms with Crippen LogP contribution in [0, 0.1) is 17.8 Å². The number of rotatable bonds is 7. The van der Waals surface area contributed by atoms with Gasteiger partial charge in [0, 0.05) is 11.8 Å². The monoisotopic (exact) mass is 287 g/mol. The van der Waals surface area contributed by atoms with Crippen LogP contribution in [-0.2, 0) is 9.59 Å². The topological polar surface area (TPSA) is 66.4 Å². The molecule has 0 bridgehead atoms. The highest BCUT2D eigenvalue weighted by Gasteiger charge is 2.42. The summed E-state index contributed by atoms with van der Waals surface area (Å²) in [7, 11) is 0. The van der Waals surface area contributed by atoms with Crippen molar-refractivity contribution in [3.05, 3.63) is 0 Å². The van der Waals surface area contributed by atoms with Gasteiger partial charge in [-0.3, -0.25) is 9.59 Å². The Kier molecular flexibility index (Phi) is 6.69. The third-order valence-electron chi connectivity index (χ3n) is 3.85. The van der Waals surface area contributed by atoms with Crippen molar-refractivity contribution < 1.29 is 14.7 Å². The normalized spacial score (nSPS) is 28.1. The number of aliphatic carboxylic acids is 1. The van der Waals surface area contributed by atoms with Gasteiger partial charge in [-0.15, -0.1) is 0 Å². The minimum Gasteiger partial charge on any atom is -0.481 e. The highest BCUT2D eigenvalue weighted by molar-refractivity contribution is 7.99. The van der Waals surface area contributed by atoms with Crippen LogP contribution < -0.4 is 5.32 Å². The van der Waals surface area contributed by atoms with Gasteiger partial charge >= 0.3 is 5.97 Å². The second-order valence-corrected chi connectivity index (χ2v) is 6.68. The smallest absolute Gasteiger partial charge is 0.307 e. The van der Waals surface area contributed by atoms with E-state index >= 15 is 0 Å². The van der Waals surface area contributed by atoms with Gasteiger partial charge in [0.1, 0.15) is 0 Å². The average molecular weight is 287 g/mol. The summed E-state index contributed by atoms with van der Waals surface area (Å²) in [6, 6.07) is 0.104. The Morgan fingerprint density at radius 1 is 1.32 bits per heavy atom. The third kappa shape index (κ3) is 4.71. The van der Waals surface area contributed by atoms with E-state index in [1.807, 2.05) is 6.92 Å². The lowest BCUT2D eigenvalue weighted by molar-refractivity contribution is -0.146. The van der Waals surface area contributed by atoms with E-state index in [1.54, 1.807) is 11.8 Å². The predicted molar refractivity (Wildman–Crippen MR) is 78.2 cm³/mol. The molecule has 0 aromatic heterocycles. The number of carboxylic acids is 1. The van der Waals surface area contributed by atoms with Crippen molar-refractivity contribution in [1.29, 1.82) is 0 Å². The molecule has 1 fully saturated rings. The van der Waals surface area contributed by atoms with E-state index in [1.165, 1.54) is 0 Å². The quantitative estimate of drug-likeness (QED) is 0.754. The molecule has 1 rings (SSSR count). The zero-order valence-corrected chi connectivity index (χ0v) is 12.8. The van der Waals surface area contributed by atoms with Gasteiger partial charge in [-0.2, -0.15) is 11.8 Å². The molecule has 4 atom stereocenters. The lowest BCUT2D eigenvalue weighted by Gasteiger charge is -2.19. The standard InChI is InChI=1S/C14H25NO3S/c1-4-10-6-11(12(7-10)14(17)18)13(16)15-9(3)8-19-5-2/h9-12H,4-8H2,1-3H3,(H,15,16)(H,17,18)/t9?,10?,11-,12+/m0/s1. The van der Waals surface area contributed by atoms with Crippen molar-refractivity contribution >= 4 is 23.6 Å². The SMILES string of the molecule is CCSCC(C)NC(=O)[C@H]1CC(CC)C[C@H]1C(=O)O. The van der Waals surface area contributed by atoms with Gasteiger partial charge in [-0.25, -0.2) is 0 Å². The summed E-state index contributed by atoms with van der Waals surface area (Å²) in [6.07, 6.45) is 2.31. The summed E-state index contributed by atoms with van der Waals surface area (Å²) in [5, 5.41) is 12.2. The minimum atomic E-state index is -0.827. The van der Waals surface area contributed by atoms with Crippen molar-refractivity contribution in [2.24, 2.45) is 17.8 Å². The molecule has 0 radical (unpaired) electrons. The molecule has 1 amide bonds. The summed E-state index contributed by atoms with van der Waals surface area (Å²) >= 11 is 1.78. The Bertz CT molecular complexity index is 322. The van der Waals surface area contributed by atoms with Crippen molar-refractivity contribution in [2.45, 2.75) is 46.1 Å². The lowest BCUT2D eigenvalue weighted by atomic mass is 9.95. The Morgan fingerprint density at radius 3 is 2.47 bits per heavy atom. The van der Waals surface area contributed by atoms with Crippen LogP contribution in [0.1, 0.15) is 40.0 Å². The molecule has 0 aromatic rings. The molecule has 5 heteroatoms. The number of carboxylic acid groups (broad SMARTS) is 1. The molecule has 0 heterocycles. The molecule has 2 unspecified atom stereocenters. The zero-order chi connectivity index (χ0) is 14.4. The molecule has 0 aliphatic heterocycles. The van der Waals surface area contributed by atoms with E-state index in [2.05, 4.69) is 19.2 Å². The van der Waals surface area contributed by atoms with E-state index in [4.69, 9.17) is 0 Å². The second kappa shape index (κ2) is 7.78. The molecular formula is C14H25NO3S. The molecule has 110 valence electrons. The first-order valence-corrected chi connectivity index (χ1v) is 8.25. The maximum absolute atomic E-state index is 12.2. The highest BCUT2D eigenvalue weighted by atomic mass is 32.2. The molecule has 19 heavy (non-hydrogen) atoms. The van der Waals surface area contributed by atoms with E-state index in [9.17, 15) is 14.7 Å². The second-order valence-electron chi connectivity index (χ2n) is 5.37. The molecule has 1 aliphatic carbocycles. The largest absolute Gasteiger partial charge is 0.481 e.